The Kier molecular flexibility index (Phi) is 4.40. The van der Waals surface area contributed by atoms with Crippen molar-refractivity contribution < 1.29 is 13.2 Å². The van der Waals surface area contributed by atoms with Gasteiger partial charge < -0.3 is 5.32 Å². The zero-order valence-electron chi connectivity index (χ0n) is 14.8. The molecule has 2 aliphatic carbocycles. The summed E-state index contributed by atoms with van der Waals surface area (Å²) in [6.07, 6.45) is 4.33. The summed E-state index contributed by atoms with van der Waals surface area (Å²) in [7, 11) is -4.00. The molecular weight excluding hydrogens is 382 g/mol. The lowest BCUT2D eigenvalue weighted by Gasteiger charge is -2.36. The largest absolute Gasteiger partial charge is 0.325 e. The molecule has 4 rings (SSSR count). The van der Waals surface area contributed by atoms with E-state index in [9.17, 15) is 13.2 Å². The number of alkyl halides is 1. The smallest absolute Gasteiger partial charge is 0.248 e. The van der Waals surface area contributed by atoms with Crippen molar-refractivity contribution in [2.45, 2.75) is 28.4 Å². The van der Waals surface area contributed by atoms with Gasteiger partial charge in [-0.25, -0.2) is 8.42 Å². The summed E-state index contributed by atoms with van der Waals surface area (Å²) in [5.41, 5.74) is 1.61. The molecule has 1 saturated carbocycles. The number of halogens is 1. The van der Waals surface area contributed by atoms with Crippen molar-refractivity contribution in [1.82, 2.24) is 0 Å². The van der Waals surface area contributed by atoms with Crippen molar-refractivity contribution in [2.75, 3.05) is 5.32 Å². The molecule has 1 N–H and O–H groups in total. The van der Waals surface area contributed by atoms with Crippen LogP contribution in [0.5, 0.6) is 0 Å². The number of anilines is 1. The van der Waals surface area contributed by atoms with Crippen LogP contribution in [0.25, 0.3) is 0 Å². The summed E-state index contributed by atoms with van der Waals surface area (Å²) < 4.78 is 25.6. The number of fused-ring (bicyclic) bond motifs is 2. The Morgan fingerprint density at radius 3 is 2.33 bits per heavy atom. The Balaban J connectivity index is 1.82. The molecule has 0 unspecified atom stereocenters. The predicted octanol–water partition coefficient (Wildman–Crippen LogP) is 3.96. The molecule has 0 heterocycles. The molecule has 2 aliphatic rings. The second kappa shape index (κ2) is 6.50. The number of hydrogen-bond acceptors (Lipinski definition) is 3. The van der Waals surface area contributed by atoms with Gasteiger partial charge in [0, 0.05) is 11.6 Å². The summed E-state index contributed by atoms with van der Waals surface area (Å²) in [5.74, 6) is -1.13. The molecule has 0 aliphatic heterocycles. The zero-order valence-corrected chi connectivity index (χ0v) is 16.4. The van der Waals surface area contributed by atoms with Gasteiger partial charge in [0.15, 0.2) is 14.6 Å². The standard InChI is InChI=1S/C21H20ClNO3S/c1-14-7-11-17(12-8-14)23-20(24)21(16-10-9-15(13-16)19(21)22)27(25,26)18-5-3-2-4-6-18/h2-12,15-16,19H,13H2,1H3,(H,23,24)/t15-,16+,19-,21+/m0/s1. The third kappa shape index (κ3) is 2.64. The van der Waals surface area contributed by atoms with Gasteiger partial charge in [-0.05, 0) is 43.5 Å². The fourth-order valence-corrected chi connectivity index (χ4v) is 7.25. The van der Waals surface area contributed by atoms with Crippen LogP contribution in [0.1, 0.15) is 12.0 Å². The summed E-state index contributed by atoms with van der Waals surface area (Å²) in [6, 6.07) is 15.4. The quantitative estimate of drug-likeness (QED) is 0.623. The van der Waals surface area contributed by atoms with E-state index in [-0.39, 0.29) is 10.8 Å². The molecule has 6 heteroatoms. The Morgan fingerprint density at radius 2 is 1.74 bits per heavy atom. The van der Waals surface area contributed by atoms with Crippen LogP contribution in [-0.4, -0.2) is 24.4 Å². The Bertz CT molecular complexity index is 1000. The molecule has 27 heavy (non-hydrogen) atoms. The minimum atomic E-state index is -4.00. The summed E-state index contributed by atoms with van der Waals surface area (Å²) in [6.45, 7) is 1.95. The highest BCUT2D eigenvalue weighted by atomic mass is 35.5. The maximum absolute atomic E-state index is 13.7. The lowest BCUT2D eigenvalue weighted by atomic mass is 9.90. The topological polar surface area (TPSA) is 63.2 Å². The van der Waals surface area contributed by atoms with E-state index < -0.39 is 31.8 Å². The molecular formula is C21H20ClNO3S. The lowest BCUT2D eigenvalue weighted by Crippen LogP contribution is -2.58. The van der Waals surface area contributed by atoms with Crippen molar-refractivity contribution in [3.05, 3.63) is 72.3 Å². The number of aryl methyl sites for hydroxylation is 1. The van der Waals surface area contributed by atoms with Gasteiger partial charge in [0.2, 0.25) is 5.91 Å². The number of rotatable bonds is 4. The number of allylic oxidation sites excluding steroid dienone is 2. The van der Waals surface area contributed by atoms with Gasteiger partial charge in [-0.1, -0.05) is 48.0 Å². The maximum Gasteiger partial charge on any atom is 0.248 e. The van der Waals surface area contributed by atoms with Gasteiger partial charge in [-0.15, -0.1) is 11.6 Å². The molecule has 4 nitrogen and oxygen atoms in total. The minimum Gasteiger partial charge on any atom is -0.325 e. The van der Waals surface area contributed by atoms with Crippen LogP contribution in [0.4, 0.5) is 5.69 Å². The molecule has 2 bridgehead atoms. The highest BCUT2D eigenvalue weighted by Gasteiger charge is 2.67. The molecule has 0 radical (unpaired) electrons. The number of sulfone groups is 1. The summed E-state index contributed by atoms with van der Waals surface area (Å²) in [4.78, 5) is 13.6. The number of amides is 1. The van der Waals surface area contributed by atoms with Crippen LogP contribution in [0.3, 0.4) is 0 Å². The fraction of sp³-hybridized carbons (Fsp3) is 0.286. The third-order valence-electron chi connectivity index (χ3n) is 5.62. The second-order valence-corrected chi connectivity index (χ2v) is 9.85. The average Bonchev–Trinajstić information content (AvgIpc) is 3.25. The van der Waals surface area contributed by atoms with Crippen molar-refractivity contribution in [2.24, 2.45) is 11.8 Å². The molecule has 2 aromatic rings. The third-order valence-corrected chi connectivity index (χ3v) is 8.94. The van der Waals surface area contributed by atoms with E-state index in [0.717, 1.165) is 5.56 Å². The summed E-state index contributed by atoms with van der Waals surface area (Å²) >= 11 is 6.66. The Morgan fingerprint density at radius 1 is 1.07 bits per heavy atom. The SMILES string of the molecule is Cc1ccc(NC(=O)[C@@]2(S(=O)(=O)c3ccccc3)[C@@H]3C=C[C@@H](C3)[C@@H]2Cl)cc1. The molecule has 4 atom stereocenters. The summed E-state index contributed by atoms with van der Waals surface area (Å²) in [5, 5.41) is 1.99. The lowest BCUT2D eigenvalue weighted by molar-refractivity contribution is -0.119. The highest BCUT2D eigenvalue weighted by molar-refractivity contribution is 7.93. The maximum atomic E-state index is 13.7. The van der Waals surface area contributed by atoms with Gasteiger partial charge in [0.25, 0.3) is 0 Å². The van der Waals surface area contributed by atoms with Crippen LogP contribution in [0.15, 0.2) is 71.6 Å². The van der Waals surface area contributed by atoms with E-state index in [0.29, 0.717) is 12.1 Å². The molecule has 1 amide bonds. The molecule has 2 aromatic carbocycles. The average molecular weight is 402 g/mol. The van der Waals surface area contributed by atoms with Crippen LogP contribution in [-0.2, 0) is 14.6 Å². The van der Waals surface area contributed by atoms with Crippen molar-refractivity contribution in [3.8, 4) is 0 Å². The van der Waals surface area contributed by atoms with Gasteiger partial charge in [0.05, 0.1) is 10.3 Å². The first kappa shape index (κ1) is 18.3. The van der Waals surface area contributed by atoms with Gasteiger partial charge >= 0.3 is 0 Å². The van der Waals surface area contributed by atoms with Crippen molar-refractivity contribution >= 4 is 33.0 Å². The van der Waals surface area contributed by atoms with E-state index >= 15 is 0 Å². The number of carbonyl (C=O) groups excluding carboxylic acids is 1. The predicted molar refractivity (Wildman–Crippen MR) is 107 cm³/mol. The molecule has 0 spiro atoms. The van der Waals surface area contributed by atoms with E-state index in [1.54, 1.807) is 30.3 Å². The van der Waals surface area contributed by atoms with Crippen molar-refractivity contribution in [3.63, 3.8) is 0 Å². The first-order chi connectivity index (χ1) is 12.9. The van der Waals surface area contributed by atoms with Crippen LogP contribution in [0, 0.1) is 18.8 Å². The monoisotopic (exact) mass is 401 g/mol. The van der Waals surface area contributed by atoms with Crippen LogP contribution in [0.2, 0.25) is 0 Å². The van der Waals surface area contributed by atoms with E-state index in [1.165, 1.54) is 12.1 Å². The Hall–Kier alpha value is -2.11. The molecule has 0 aromatic heterocycles. The van der Waals surface area contributed by atoms with Crippen LogP contribution < -0.4 is 5.32 Å². The van der Waals surface area contributed by atoms with E-state index in [4.69, 9.17) is 11.6 Å². The normalized spacial score (nSPS) is 29.0. The number of carbonyl (C=O) groups is 1. The number of hydrogen-bond donors (Lipinski definition) is 1. The van der Waals surface area contributed by atoms with E-state index in [1.807, 2.05) is 31.2 Å². The molecule has 140 valence electrons. The van der Waals surface area contributed by atoms with Gasteiger partial charge in [-0.3, -0.25) is 4.79 Å². The van der Waals surface area contributed by atoms with Crippen molar-refractivity contribution in [1.29, 1.82) is 0 Å². The van der Waals surface area contributed by atoms with Gasteiger partial charge in [-0.2, -0.15) is 0 Å². The molecule has 0 saturated heterocycles. The fourth-order valence-electron chi connectivity index (χ4n) is 4.21. The number of nitrogens with one attached hydrogen (secondary N) is 1. The first-order valence-corrected chi connectivity index (χ1v) is 10.8. The highest BCUT2D eigenvalue weighted by Crippen LogP contribution is 2.55. The Labute approximate surface area is 164 Å². The van der Waals surface area contributed by atoms with Crippen LogP contribution >= 0.6 is 11.6 Å². The zero-order chi connectivity index (χ0) is 19.2. The second-order valence-electron chi connectivity index (χ2n) is 7.22. The minimum absolute atomic E-state index is 0.121. The number of benzene rings is 2. The van der Waals surface area contributed by atoms with E-state index in [2.05, 4.69) is 5.32 Å². The molecule has 1 fully saturated rings. The first-order valence-electron chi connectivity index (χ1n) is 8.87. The van der Waals surface area contributed by atoms with Gasteiger partial charge in [0.1, 0.15) is 0 Å².